The maximum atomic E-state index is 12.5. The molecule has 1 aromatic carbocycles. The molecule has 0 bridgehead atoms. The van der Waals surface area contributed by atoms with Crippen LogP contribution < -0.4 is 0 Å². The number of para-hydroxylation sites is 1. The quantitative estimate of drug-likeness (QED) is 0.772. The van der Waals surface area contributed by atoms with Gasteiger partial charge in [0.05, 0.1) is 11.3 Å². The lowest BCUT2D eigenvalue weighted by molar-refractivity contribution is -0.131. The van der Waals surface area contributed by atoms with Gasteiger partial charge < -0.3 is 4.90 Å². The minimum atomic E-state index is 0.171. The summed E-state index contributed by atoms with van der Waals surface area (Å²) < 4.78 is 0. The summed E-state index contributed by atoms with van der Waals surface area (Å²) in [6.45, 7) is 10.3. The third-order valence-electron chi connectivity index (χ3n) is 3.60. The number of pyridine rings is 1. The fourth-order valence-electron chi connectivity index (χ4n) is 2.73. The molecule has 22 heavy (non-hydrogen) atoms. The SMILES string of the molecule is Cc1cc2ccccc2nc1SCC(=O)N(C(C)C)C(C)C. The Labute approximate surface area is 137 Å². The number of hydrogen-bond donors (Lipinski definition) is 0. The van der Waals surface area contributed by atoms with E-state index in [4.69, 9.17) is 0 Å². The molecule has 0 aliphatic carbocycles. The van der Waals surface area contributed by atoms with Gasteiger partial charge in [0.2, 0.25) is 5.91 Å². The van der Waals surface area contributed by atoms with Crippen molar-refractivity contribution in [2.75, 3.05) is 5.75 Å². The number of carbonyl (C=O) groups is 1. The first-order valence-corrected chi connectivity index (χ1v) is 8.69. The first kappa shape index (κ1) is 16.8. The van der Waals surface area contributed by atoms with E-state index in [1.807, 2.05) is 23.1 Å². The molecule has 3 nitrogen and oxygen atoms in total. The average molecular weight is 316 g/mol. The second kappa shape index (κ2) is 7.14. The van der Waals surface area contributed by atoms with Crippen LogP contribution in [0.3, 0.4) is 0 Å². The average Bonchev–Trinajstić information content (AvgIpc) is 2.44. The number of aromatic nitrogens is 1. The lowest BCUT2D eigenvalue weighted by Crippen LogP contribution is -2.43. The third kappa shape index (κ3) is 3.80. The summed E-state index contributed by atoms with van der Waals surface area (Å²) in [5.41, 5.74) is 2.10. The van der Waals surface area contributed by atoms with Gasteiger partial charge in [-0.1, -0.05) is 30.0 Å². The molecule has 2 aromatic rings. The minimum Gasteiger partial charge on any atom is -0.337 e. The molecule has 0 radical (unpaired) electrons. The van der Waals surface area contributed by atoms with Crippen molar-refractivity contribution >= 4 is 28.6 Å². The van der Waals surface area contributed by atoms with Gasteiger partial charge in [-0.2, -0.15) is 0 Å². The smallest absolute Gasteiger partial charge is 0.233 e. The van der Waals surface area contributed by atoms with Gasteiger partial charge in [0.15, 0.2) is 0 Å². The lowest BCUT2D eigenvalue weighted by Gasteiger charge is -2.30. The molecule has 0 aliphatic rings. The first-order chi connectivity index (χ1) is 10.4. The van der Waals surface area contributed by atoms with E-state index in [9.17, 15) is 4.79 Å². The minimum absolute atomic E-state index is 0.171. The summed E-state index contributed by atoms with van der Waals surface area (Å²) in [7, 11) is 0. The normalized spacial score (nSPS) is 11.4. The van der Waals surface area contributed by atoms with Crippen molar-refractivity contribution in [3.8, 4) is 0 Å². The van der Waals surface area contributed by atoms with Crippen LogP contribution >= 0.6 is 11.8 Å². The standard InChI is InChI=1S/C18H24N2OS/c1-12(2)20(13(3)4)17(21)11-22-18-14(5)10-15-8-6-7-9-16(15)19-18/h6-10,12-13H,11H2,1-5H3. The number of aryl methyl sites for hydroxylation is 1. The topological polar surface area (TPSA) is 33.2 Å². The van der Waals surface area contributed by atoms with E-state index in [0.29, 0.717) is 5.75 Å². The van der Waals surface area contributed by atoms with Gasteiger partial charge in [-0.15, -0.1) is 0 Å². The van der Waals surface area contributed by atoms with Crippen LogP contribution in [-0.2, 0) is 4.79 Å². The lowest BCUT2D eigenvalue weighted by atomic mass is 10.2. The molecule has 4 heteroatoms. The Kier molecular flexibility index (Phi) is 5.46. The molecule has 1 amide bonds. The van der Waals surface area contributed by atoms with Crippen molar-refractivity contribution in [3.05, 3.63) is 35.9 Å². The van der Waals surface area contributed by atoms with Crippen LogP contribution in [-0.4, -0.2) is 33.6 Å². The largest absolute Gasteiger partial charge is 0.337 e. The molecule has 0 saturated heterocycles. The van der Waals surface area contributed by atoms with Crippen molar-refractivity contribution < 1.29 is 4.79 Å². The van der Waals surface area contributed by atoms with Gasteiger partial charge in [-0.3, -0.25) is 4.79 Å². The van der Waals surface area contributed by atoms with Gasteiger partial charge in [-0.25, -0.2) is 4.98 Å². The highest BCUT2D eigenvalue weighted by atomic mass is 32.2. The Morgan fingerprint density at radius 3 is 2.45 bits per heavy atom. The zero-order chi connectivity index (χ0) is 16.3. The molecule has 1 aromatic heterocycles. The highest BCUT2D eigenvalue weighted by Gasteiger charge is 2.20. The number of benzene rings is 1. The Morgan fingerprint density at radius 2 is 1.82 bits per heavy atom. The van der Waals surface area contributed by atoms with Crippen LogP contribution in [0.2, 0.25) is 0 Å². The fourth-order valence-corrected chi connectivity index (χ4v) is 3.59. The number of nitrogens with zero attached hydrogens (tertiary/aromatic N) is 2. The molecule has 118 valence electrons. The first-order valence-electron chi connectivity index (χ1n) is 7.70. The summed E-state index contributed by atoms with van der Waals surface area (Å²) in [6, 6.07) is 10.7. The van der Waals surface area contributed by atoms with Crippen LogP contribution in [0.1, 0.15) is 33.3 Å². The number of hydrogen-bond acceptors (Lipinski definition) is 3. The highest BCUT2D eigenvalue weighted by Crippen LogP contribution is 2.25. The van der Waals surface area contributed by atoms with Gasteiger partial charge >= 0.3 is 0 Å². The number of fused-ring (bicyclic) bond motifs is 1. The molecule has 0 spiro atoms. The molecule has 2 rings (SSSR count). The van der Waals surface area contributed by atoms with Crippen LogP contribution in [0.15, 0.2) is 35.4 Å². The van der Waals surface area contributed by atoms with E-state index in [-0.39, 0.29) is 18.0 Å². The predicted molar refractivity (Wildman–Crippen MR) is 94.3 cm³/mol. The molecule has 0 unspecified atom stereocenters. The van der Waals surface area contributed by atoms with Crippen LogP contribution in [0.25, 0.3) is 10.9 Å². The van der Waals surface area contributed by atoms with Gasteiger partial charge in [0.1, 0.15) is 5.03 Å². The summed E-state index contributed by atoms with van der Waals surface area (Å²) in [4.78, 5) is 19.1. The van der Waals surface area contributed by atoms with Crippen molar-refractivity contribution in [1.82, 2.24) is 9.88 Å². The number of rotatable bonds is 5. The number of thioether (sulfide) groups is 1. The van der Waals surface area contributed by atoms with E-state index in [0.717, 1.165) is 21.5 Å². The monoisotopic (exact) mass is 316 g/mol. The van der Waals surface area contributed by atoms with Crippen molar-refractivity contribution in [1.29, 1.82) is 0 Å². The summed E-state index contributed by atoms with van der Waals surface area (Å²) in [5.74, 6) is 0.604. The van der Waals surface area contributed by atoms with Crippen molar-refractivity contribution in [2.24, 2.45) is 0 Å². The Bertz CT molecular complexity index is 659. The summed E-state index contributed by atoms with van der Waals surface area (Å²) in [5, 5.41) is 2.08. The molecule has 0 aliphatic heterocycles. The van der Waals surface area contributed by atoms with Crippen LogP contribution in [0.5, 0.6) is 0 Å². The van der Waals surface area contributed by atoms with E-state index in [2.05, 4.69) is 51.7 Å². The molecule has 0 atom stereocenters. The van der Waals surface area contributed by atoms with E-state index in [1.165, 1.54) is 11.8 Å². The zero-order valence-corrected chi connectivity index (χ0v) is 14.8. The number of carbonyl (C=O) groups excluding carboxylic acids is 1. The van der Waals surface area contributed by atoms with Crippen molar-refractivity contribution in [3.63, 3.8) is 0 Å². The Balaban J connectivity index is 2.14. The van der Waals surface area contributed by atoms with Crippen LogP contribution in [0, 0.1) is 6.92 Å². The maximum absolute atomic E-state index is 12.5. The third-order valence-corrected chi connectivity index (χ3v) is 4.68. The van der Waals surface area contributed by atoms with Crippen molar-refractivity contribution in [2.45, 2.75) is 51.7 Å². The molecule has 1 heterocycles. The second-order valence-electron chi connectivity index (χ2n) is 6.08. The Hall–Kier alpha value is -1.55. The van der Waals surface area contributed by atoms with Crippen LogP contribution in [0.4, 0.5) is 0 Å². The predicted octanol–water partition coefficient (Wildman–Crippen LogP) is 4.28. The second-order valence-corrected chi connectivity index (χ2v) is 7.04. The molecule has 0 fully saturated rings. The van der Waals surface area contributed by atoms with E-state index < -0.39 is 0 Å². The van der Waals surface area contributed by atoms with E-state index in [1.54, 1.807) is 0 Å². The Morgan fingerprint density at radius 1 is 1.18 bits per heavy atom. The fraction of sp³-hybridized carbons (Fsp3) is 0.444. The van der Waals surface area contributed by atoms with Gasteiger partial charge in [0, 0.05) is 17.5 Å². The summed E-state index contributed by atoms with van der Waals surface area (Å²) >= 11 is 1.53. The highest BCUT2D eigenvalue weighted by molar-refractivity contribution is 7.99. The molecule has 0 N–H and O–H groups in total. The molecule has 0 saturated carbocycles. The summed E-state index contributed by atoms with van der Waals surface area (Å²) in [6.07, 6.45) is 0. The van der Waals surface area contributed by atoms with Gasteiger partial charge in [0.25, 0.3) is 0 Å². The molecular weight excluding hydrogens is 292 g/mol. The number of amides is 1. The maximum Gasteiger partial charge on any atom is 0.233 e. The van der Waals surface area contributed by atoms with Gasteiger partial charge in [-0.05, 0) is 52.3 Å². The van der Waals surface area contributed by atoms with E-state index >= 15 is 0 Å². The molecular formula is C18H24N2OS. The zero-order valence-electron chi connectivity index (χ0n) is 14.0.